The Labute approximate surface area is 196 Å². The Morgan fingerprint density at radius 1 is 0.656 bits per heavy atom. The summed E-state index contributed by atoms with van der Waals surface area (Å²) in [5, 5.41) is 10.7. The van der Waals surface area contributed by atoms with Crippen molar-refractivity contribution in [1.82, 2.24) is 9.97 Å². The molecule has 6 N–H and O–H groups in total. The molecule has 0 atom stereocenters. The van der Waals surface area contributed by atoms with Crippen molar-refractivity contribution in [2.45, 2.75) is 37.8 Å². The standard InChI is InChI=1S/C24H24Cl2N6/c25-13-1-7-17-19(9-13)31-23(27)11-21(17)29-15-3-5-16(6-4-15)30-22-12-24(28)32-20-10-14(26)2-8-18(20)22/h1-2,7-12,15-16H,3-6H2,(H3,27,29,31)(H3,28,30,32)/t15-,16+. The van der Waals surface area contributed by atoms with E-state index >= 15 is 0 Å². The number of fused-ring (bicyclic) bond motifs is 2. The number of benzene rings is 2. The molecule has 5 rings (SSSR count). The number of rotatable bonds is 4. The first-order valence-corrected chi connectivity index (χ1v) is 11.4. The van der Waals surface area contributed by atoms with Crippen LogP contribution in [0.25, 0.3) is 21.8 Å². The summed E-state index contributed by atoms with van der Waals surface area (Å²) < 4.78 is 0. The summed E-state index contributed by atoms with van der Waals surface area (Å²) in [7, 11) is 0. The van der Waals surface area contributed by atoms with E-state index in [9.17, 15) is 0 Å². The zero-order valence-electron chi connectivity index (χ0n) is 17.4. The zero-order valence-corrected chi connectivity index (χ0v) is 18.9. The molecule has 164 valence electrons. The van der Waals surface area contributed by atoms with Crippen LogP contribution in [-0.4, -0.2) is 22.1 Å². The smallest absolute Gasteiger partial charge is 0.126 e. The van der Waals surface area contributed by atoms with E-state index in [1.807, 2.05) is 48.5 Å². The molecule has 0 aliphatic heterocycles. The quantitative estimate of drug-likeness (QED) is 0.290. The predicted molar refractivity (Wildman–Crippen MR) is 136 cm³/mol. The molecule has 0 saturated heterocycles. The van der Waals surface area contributed by atoms with E-state index in [2.05, 4.69) is 20.6 Å². The van der Waals surface area contributed by atoms with Gasteiger partial charge in [0.1, 0.15) is 11.6 Å². The van der Waals surface area contributed by atoms with Crippen LogP contribution >= 0.6 is 23.2 Å². The molecule has 0 amide bonds. The monoisotopic (exact) mass is 466 g/mol. The molecule has 6 nitrogen and oxygen atoms in total. The first-order valence-electron chi connectivity index (χ1n) is 10.7. The summed E-state index contributed by atoms with van der Waals surface area (Å²) in [6.45, 7) is 0. The van der Waals surface area contributed by atoms with Crippen LogP contribution in [0.15, 0.2) is 48.5 Å². The first-order chi connectivity index (χ1) is 15.4. The van der Waals surface area contributed by atoms with Crippen molar-refractivity contribution >= 4 is 68.0 Å². The fourth-order valence-electron chi connectivity index (χ4n) is 4.50. The van der Waals surface area contributed by atoms with E-state index in [4.69, 9.17) is 34.7 Å². The number of nitrogens with two attached hydrogens (primary N) is 2. The van der Waals surface area contributed by atoms with Gasteiger partial charge in [0, 0.05) is 56.4 Å². The molecule has 2 heterocycles. The molecule has 1 saturated carbocycles. The fraction of sp³-hybridized carbons (Fsp3) is 0.250. The number of hydrogen-bond donors (Lipinski definition) is 4. The van der Waals surface area contributed by atoms with Crippen LogP contribution in [0.5, 0.6) is 0 Å². The van der Waals surface area contributed by atoms with Gasteiger partial charge < -0.3 is 22.1 Å². The molecule has 0 unspecified atom stereocenters. The molecule has 8 heteroatoms. The van der Waals surface area contributed by atoms with Crippen LogP contribution in [0.4, 0.5) is 23.0 Å². The third-order valence-electron chi connectivity index (χ3n) is 6.03. The highest BCUT2D eigenvalue weighted by molar-refractivity contribution is 6.31. The second kappa shape index (κ2) is 8.52. The largest absolute Gasteiger partial charge is 0.384 e. The number of anilines is 4. The van der Waals surface area contributed by atoms with Crippen LogP contribution in [0, 0.1) is 0 Å². The summed E-state index contributed by atoms with van der Waals surface area (Å²) in [6.07, 6.45) is 4.16. The highest BCUT2D eigenvalue weighted by Gasteiger charge is 2.22. The number of aromatic nitrogens is 2. The highest BCUT2D eigenvalue weighted by Crippen LogP contribution is 2.32. The number of halogens is 2. The maximum Gasteiger partial charge on any atom is 0.126 e. The van der Waals surface area contributed by atoms with Gasteiger partial charge in [-0.25, -0.2) is 9.97 Å². The fourth-order valence-corrected chi connectivity index (χ4v) is 4.84. The normalized spacial score (nSPS) is 18.7. The minimum atomic E-state index is 0.367. The summed E-state index contributed by atoms with van der Waals surface area (Å²) in [5.74, 6) is 0.972. The number of hydrogen-bond acceptors (Lipinski definition) is 6. The lowest BCUT2D eigenvalue weighted by molar-refractivity contribution is 0.429. The van der Waals surface area contributed by atoms with Crippen LogP contribution in [-0.2, 0) is 0 Å². The van der Waals surface area contributed by atoms with Gasteiger partial charge in [-0.1, -0.05) is 23.2 Å². The molecule has 32 heavy (non-hydrogen) atoms. The molecule has 0 spiro atoms. The molecule has 0 radical (unpaired) electrons. The molecule has 2 aromatic heterocycles. The van der Waals surface area contributed by atoms with Crippen molar-refractivity contribution < 1.29 is 0 Å². The third kappa shape index (κ3) is 4.33. The molecule has 1 aliphatic carbocycles. The van der Waals surface area contributed by atoms with Gasteiger partial charge in [0.25, 0.3) is 0 Å². The summed E-state index contributed by atoms with van der Waals surface area (Å²) >= 11 is 12.3. The molecular formula is C24H24Cl2N6. The predicted octanol–water partition coefficient (Wildman–Crippen LogP) is 6.09. The van der Waals surface area contributed by atoms with E-state index in [-0.39, 0.29) is 0 Å². The molecule has 4 aromatic rings. The molecule has 1 aliphatic rings. The maximum atomic E-state index is 6.13. The number of nitrogens with zero attached hydrogens (tertiary/aromatic N) is 2. The molecule has 0 bridgehead atoms. The lowest BCUT2D eigenvalue weighted by Gasteiger charge is -2.31. The van der Waals surface area contributed by atoms with Gasteiger partial charge in [-0.05, 0) is 62.1 Å². The van der Waals surface area contributed by atoms with Crippen molar-refractivity contribution in [2.75, 3.05) is 22.1 Å². The van der Waals surface area contributed by atoms with E-state index < -0.39 is 0 Å². The Bertz CT molecular complexity index is 1190. The highest BCUT2D eigenvalue weighted by atomic mass is 35.5. The Morgan fingerprint density at radius 2 is 1.06 bits per heavy atom. The van der Waals surface area contributed by atoms with Crippen molar-refractivity contribution in [3.8, 4) is 0 Å². The Morgan fingerprint density at radius 3 is 1.47 bits per heavy atom. The minimum Gasteiger partial charge on any atom is -0.384 e. The summed E-state index contributed by atoms with van der Waals surface area (Å²) in [6, 6.07) is 16.0. The Hall–Kier alpha value is -2.96. The number of nitrogen functional groups attached to an aromatic ring is 2. The van der Waals surface area contributed by atoms with Gasteiger partial charge in [-0.2, -0.15) is 0 Å². The van der Waals surface area contributed by atoms with Crippen molar-refractivity contribution in [3.63, 3.8) is 0 Å². The van der Waals surface area contributed by atoms with Gasteiger partial charge in [0.15, 0.2) is 0 Å². The Balaban J connectivity index is 1.29. The van der Waals surface area contributed by atoms with Crippen molar-refractivity contribution in [2.24, 2.45) is 0 Å². The van der Waals surface area contributed by atoms with E-state index in [0.29, 0.717) is 33.8 Å². The molecule has 2 aromatic carbocycles. The Kier molecular flexibility index (Phi) is 5.57. The van der Waals surface area contributed by atoms with Gasteiger partial charge in [0.2, 0.25) is 0 Å². The minimum absolute atomic E-state index is 0.367. The van der Waals surface area contributed by atoms with E-state index in [0.717, 1.165) is 58.9 Å². The van der Waals surface area contributed by atoms with E-state index in [1.54, 1.807) is 0 Å². The van der Waals surface area contributed by atoms with E-state index in [1.165, 1.54) is 0 Å². The SMILES string of the molecule is Nc1cc(N[C@H]2CC[C@@H](Nc3cc(N)nc4cc(Cl)ccc34)CC2)c2ccc(Cl)cc2n1. The lowest BCUT2D eigenvalue weighted by atomic mass is 9.90. The third-order valence-corrected chi connectivity index (χ3v) is 6.50. The first kappa shape index (κ1) is 20.9. The second-order valence-corrected chi connectivity index (χ2v) is 9.22. The topological polar surface area (TPSA) is 102 Å². The average Bonchev–Trinajstić information content (AvgIpc) is 2.74. The van der Waals surface area contributed by atoms with Crippen LogP contribution in [0.1, 0.15) is 25.7 Å². The van der Waals surface area contributed by atoms with Gasteiger partial charge >= 0.3 is 0 Å². The second-order valence-electron chi connectivity index (χ2n) is 8.35. The molecule has 1 fully saturated rings. The van der Waals surface area contributed by atoms with Gasteiger partial charge in [-0.15, -0.1) is 0 Å². The summed E-state index contributed by atoms with van der Waals surface area (Å²) in [4.78, 5) is 8.81. The van der Waals surface area contributed by atoms with Gasteiger partial charge in [0.05, 0.1) is 11.0 Å². The lowest BCUT2D eigenvalue weighted by Crippen LogP contribution is -2.32. The van der Waals surface area contributed by atoms with Gasteiger partial charge in [-0.3, -0.25) is 0 Å². The van der Waals surface area contributed by atoms with Crippen molar-refractivity contribution in [1.29, 1.82) is 0 Å². The average molecular weight is 467 g/mol. The van der Waals surface area contributed by atoms with Crippen LogP contribution < -0.4 is 22.1 Å². The maximum absolute atomic E-state index is 6.13. The number of pyridine rings is 2. The number of nitrogens with one attached hydrogen (secondary N) is 2. The summed E-state index contributed by atoms with van der Waals surface area (Å²) in [5.41, 5.74) is 15.7. The van der Waals surface area contributed by atoms with Crippen LogP contribution in [0.3, 0.4) is 0 Å². The van der Waals surface area contributed by atoms with Crippen LogP contribution in [0.2, 0.25) is 10.0 Å². The zero-order chi connectivity index (χ0) is 22.2. The van der Waals surface area contributed by atoms with Crippen molar-refractivity contribution in [3.05, 3.63) is 58.6 Å². The molecular weight excluding hydrogens is 443 g/mol.